The Hall–Kier alpha value is -0.700. The number of likely N-dealkylation sites (N-methyl/N-ethyl adjacent to an activating group) is 2. The van der Waals surface area contributed by atoms with Crippen LogP contribution in [0.3, 0.4) is 0 Å². The van der Waals surface area contributed by atoms with Gasteiger partial charge in [0, 0.05) is 20.1 Å². The summed E-state index contributed by atoms with van der Waals surface area (Å²) in [6.07, 6.45) is 21.8. The Bertz CT molecular complexity index is 555. The van der Waals surface area contributed by atoms with E-state index in [-0.39, 0.29) is 19.2 Å². The average Bonchev–Trinajstić information content (AvgIpc) is 2.79. The number of nitrogens with zero attached hydrogens (tertiary/aromatic N) is 2. The zero-order valence-electron chi connectivity index (χ0n) is 24.8. The van der Waals surface area contributed by atoms with E-state index >= 15 is 0 Å². The number of carbonyl (C=O) groups excluding carboxylic acids is 1. The van der Waals surface area contributed by atoms with E-state index in [0.29, 0.717) is 17.6 Å². The van der Waals surface area contributed by atoms with E-state index in [2.05, 4.69) is 16.8 Å². The lowest BCUT2D eigenvalue weighted by Gasteiger charge is -2.23. The maximum absolute atomic E-state index is 11.6. The Labute approximate surface area is 228 Å². The number of hydrogen-bond donors (Lipinski definition) is 4. The fourth-order valence-electron chi connectivity index (χ4n) is 3.69. The van der Waals surface area contributed by atoms with Gasteiger partial charge in [0.1, 0.15) is 13.2 Å². The minimum atomic E-state index is -4.26. The number of carbonyl (C=O) groups is 1. The highest BCUT2D eigenvalue weighted by Crippen LogP contribution is 2.35. The number of phosphoric ester groups is 1. The van der Waals surface area contributed by atoms with Crippen LogP contribution in [0.4, 0.5) is 4.79 Å². The molecule has 0 heterocycles. The minimum absolute atomic E-state index is 0.0168. The topological polar surface area (TPSA) is 119 Å². The molecule has 0 saturated carbocycles. The van der Waals surface area contributed by atoms with Crippen LogP contribution in [0.25, 0.3) is 0 Å². The highest BCUT2D eigenvalue weighted by molar-refractivity contribution is 7.46. The van der Waals surface area contributed by atoms with E-state index < -0.39 is 7.82 Å². The van der Waals surface area contributed by atoms with Crippen LogP contribution >= 0.6 is 7.82 Å². The first-order valence-electron chi connectivity index (χ1n) is 14.5. The fraction of sp³-hybridized carbons (Fsp3) is 0.963. The van der Waals surface area contributed by atoms with E-state index in [1.54, 1.807) is 7.05 Å². The highest BCUT2D eigenvalue weighted by Gasteiger charge is 2.16. The summed E-state index contributed by atoms with van der Waals surface area (Å²) >= 11 is 0. The Kier molecular flexibility index (Phi) is 26.6. The molecule has 4 N–H and O–H groups in total. The first-order chi connectivity index (χ1) is 17.4. The van der Waals surface area contributed by atoms with Crippen LogP contribution in [-0.4, -0.2) is 91.3 Å². The van der Waals surface area contributed by atoms with E-state index in [0.717, 1.165) is 13.0 Å². The van der Waals surface area contributed by atoms with Gasteiger partial charge in [-0.1, -0.05) is 103 Å². The van der Waals surface area contributed by atoms with Crippen molar-refractivity contribution in [3.8, 4) is 0 Å². The monoisotopic (exact) mass is 554 g/mol. The SMILES string of the molecule is CCCCCCCCCCCCCCCCCCNC(=O)N(C)CCO.C[N+](C)(C)CCOP(=O)(O)O. The molecule has 0 atom stereocenters. The third-order valence-electron chi connectivity index (χ3n) is 6.11. The van der Waals surface area contributed by atoms with Crippen LogP contribution in [0.15, 0.2) is 0 Å². The van der Waals surface area contributed by atoms with Crippen molar-refractivity contribution >= 4 is 13.9 Å². The molecule has 0 aliphatic heterocycles. The predicted molar refractivity (Wildman–Crippen MR) is 154 cm³/mol. The summed E-state index contributed by atoms with van der Waals surface area (Å²) in [4.78, 5) is 29.7. The van der Waals surface area contributed by atoms with Crippen molar-refractivity contribution < 1.29 is 33.3 Å². The van der Waals surface area contributed by atoms with Gasteiger partial charge in [-0.15, -0.1) is 0 Å². The molecule has 0 spiro atoms. The Balaban J connectivity index is 0. The molecule has 0 aliphatic carbocycles. The zero-order valence-corrected chi connectivity index (χ0v) is 25.7. The van der Waals surface area contributed by atoms with Crippen molar-refractivity contribution in [1.29, 1.82) is 0 Å². The quantitative estimate of drug-likeness (QED) is 0.0733. The number of unbranched alkanes of at least 4 members (excludes halogenated alkanes) is 15. The van der Waals surface area contributed by atoms with E-state index in [9.17, 15) is 9.36 Å². The van der Waals surface area contributed by atoms with E-state index in [1.807, 2.05) is 21.1 Å². The molecule has 0 saturated heterocycles. The zero-order chi connectivity index (χ0) is 28.4. The van der Waals surface area contributed by atoms with Crippen molar-refractivity contribution in [1.82, 2.24) is 10.2 Å². The second kappa shape index (κ2) is 25.6. The van der Waals surface area contributed by atoms with Gasteiger partial charge in [-0.3, -0.25) is 4.52 Å². The predicted octanol–water partition coefficient (Wildman–Crippen LogP) is 5.68. The van der Waals surface area contributed by atoms with Crippen LogP contribution in [0.2, 0.25) is 0 Å². The summed E-state index contributed by atoms with van der Waals surface area (Å²) in [5, 5.41) is 11.7. The van der Waals surface area contributed by atoms with Crippen molar-refractivity contribution in [2.24, 2.45) is 0 Å². The lowest BCUT2D eigenvalue weighted by Crippen LogP contribution is -2.39. The maximum Gasteiger partial charge on any atom is 0.469 e. The highest BCUT2D eigenvalue weighted by atomic mass is 31.2. The molecule has 2 amide bonds. The van der Waals surface area contributed by atoms with Gasteiger partial charge in [0.05, 0.1) is 27.7 Å². The molecule has 9 nitrogen and oxygen atoms in total. The number of quaternary nitrogens is 1. The molecule has 0 aliphatic rings. The number of phosphoric acid groups is 1. The molecule has 0 bridgehead atoms. The third kappa shape index (κ3) is 35.3. The second-order valence-electron chi connectivity index (χ2n) is 11.0. The summed E-state index contributed by atoms with van der Waals surface area (Å²) in [5.74, 6) is 0. The third-order valence-corrected chi connectivity index (χ3v) is 6.63. The van der Waals surface area contributed by atoms with E-state index in [1.165, 1.54) is 101 Å². The number of amides is 2. The number of rotatable bonds is 23. The van der Waals surface area contributed by atoms with Gasteiger partial charge in [0.2, 0.25) is 0 Å². The number of hydrogen-bond acceptors (Lipinski definition) is 4. The fourth-order valence-corrected chi connectivity index (χ4v) is 4.01. The molecule has 0 radical (unpaired) electrons. The number of aliphatic hydroxyl groups is 1. The largest absolute Gasteiger partial charge is 0.469 e. The summed E-state index contributed by atoms with van der Waals surface area (Å²) in [5.41, 5.74) is 0. The smallest absolute Gasteiger partial charge is 0.395 e. The van der Waals surface area contributed by atoms with Crippen molar-refractivity contribution in [3.05, 3.63) is 0 Å². The lowest BCUT2D eigenvalue weighted by molar-refractivity contribution is -0.870. The maximum atomic E-state index is 11.6. The van der Waals surface area contributed by atoms with Crippen LogP contribution in [0.1, 0.15) is 110 Å². The molecule has 0 fully saturated rings. The summed E-state index contributed by atoms with van der Waals surface area (Å²) in [7, 11) is 3.20. The first kappa shape index (κ1) is 38.4. The van der Waals surface area contributed by atoms with E-state index in [4.69, 9.17) is 14.9 Å². The van der Waals surface area contributed by atoms with Gasteiger partial charge >= 0.3 is 13.9 Å². The molecule has 0 aromatic carbocycles. The van der Waals surface area contributed by atoms with Gasteiger partial charge in [-0.25, -0.2) is 9.36 Å². The molecule has 0 aromatic heterocycles. The standard InChI is InChI=1S/C22H46N2O2.C5H14NO4P/c1-3-4-5-6-7-8-9-10-11-12-13-14-15-16-17-18-19-23-22(26)24(2)20-21-25;1-6(2,3)4-5-10-11(7,8)9/h25H,3-21H2,1-2H3,(H,23,26);4-5H2,1-3H3,(H-,7,8,9)/p+1. The Morgan fingerprint density at radius 1 is 0.811 bits per heavy atom. The van der Waals surface area contributed by atoms with Gasteiger partial charge in [-0.05, 0) is 6.42 Å². The molecule has 0 aromatic rings. The summed E-state index contributed by atoms with van der Waals surface area (Å²) in [6.45, 7) is 4.08. The van der Waals surface area contributed by atoms with Crippen LogP contribution in [0.5, 0.6) is 0 Å². The number of nitrogens with one attached hydrogen (secondary N) is 1. The average molecular weight is 555 g/mol. The molecule has 37 heavy (non-hydrogen) atoms. The minimum Gasteiger partial charge on any atom is -0.395 e. The van der Waals surface area contributed by atoms with Gasteiger partial charge in [-0.2, -0.15) is 0 Å². The Morgan fingerprint density at radius 2 is 1.22 bits per heavy atom. The van der Waals surface area contributed by atoms with Crippen molar-refractivity contribution in [2.45, 2.75) is 110 Å². The molecular formula is C27H61N3O6P+. The number of aliphatic hydroxyl groups excluding tert-OH is 1. The van der Waals surface area contributed by atoms with Gasteiger partial charge in [0.25, 0.3) is 0 Å². The summed E-state index contributed by atoms with van der Waals surface area (Å²) < 4.78 is 15.1. The molecule has 0 unspecified atom stereocenters. The molecular weight excluding hydrogens is 493 g/mol. The first-order valence-corrected chi connectivity index (χ1v) is 16.1. The van der Waals surface area contributed by atoms with Crippen molar-refractivity contribution in [3.63, 3.8) is 0 Å². The van der Waals surface area contributed by atoms with Gasteiger partial charge in [0.15, 0.2) is 0 Å². The lowest BCUT2D eigenvalue weighted by atomic mass is 10.0. The molecule has 10 heteroatoms. The van der Waals surface area contributed by atoms with Crippen LogP contribution in [-0.2, 0) is 9.09 Å². The summed E-state index contributed by atoms with van der Waals surface area (Å²) in [6, 6.07) is -0.0833. The normalized spacial score (nSPS) is 11.7. The van der Waals surface area contributed by atoms with Crippen LogP contribution in [0, 0.1) is 0 Å². The van der Waals surface area contributed by atoms with Crippen molar-refractivity contribution in [2.75, 3.05) is 61.0 Å². The number of urea groups is 1. The molecule has 224 valence electrons. The van der Waals surface area contributed by atoms with Gasteiger partial charge < -0.3 is 29.6 Å². The second-order valence-corrected chi connectivity index (χ2v) is 12.3. The Morgan fingerprint density at radius 3 is 1.57 bits per heavy atom. The molecule has 0 rings (SSSR count). The van der Waals surface area contributed by atoms with Crippen LogP contribution < -0.4 is 5.32 Å².